The fourth-order valence-electron chi connectivity index (χ4n) is 2.89. The summed E-state index contributed by atoms with van der Waals surface area (Å²) >= 11 is 0. The minimum atomic E-state index is -0.960. The lowest BCUT2D eigenvalue weighted by molar-refractivity contribution is 0.0927. The summed E-state index contributed by atoms with van der Waals surface area (Å²) in [5.41, 5.74) is -0.387. The zero-order valence-electron chi connectivity index (χ0n) is 12.6. The lowest BCUT2D eigenvalue weighted by Gasteiger charge is -2.12. The van der Waals surface area contributed by atoms with E-state index in [1.54, 1.807) is 6.92 Å². The van der Waals surface area contributed by atoms with Crippen molar-refractivity contribution in [3.8, 4) is 0 Å². The van der Waals surface area contributed by atoms with Crippen LogP contribution in [0.15, 0.2) is 16.7 Å². The second-order valence-corrected chi connectivity index (χ2v) is 5.75. The van der Waals surface area contributed by atoms with Crippen molar-refractivity contribution in [2.24, 2.45) is 5.92 Å². The predicted molar refractivity (Wildman–Crippen MR) is 75.5 cm³/mol. The number of carbonyl (C=O) groups is 1. The molecule has 1 fully saturated rings. The molecule has 1 N–H and O–H groups in total. The number of rotatable bonds is 4. The highest BCUT2D eigenvalue weighted by Crippen LogP contribution is 2.28. The van der Waals surface area contributed by atoms with Gasteiger partial charge < -0.3 is 9.73 Å². The number of nitrogens with one attached hydrogen (secondary N) is 1. The number of pyridine rings is 1. The molecular formula is C15H16F2N4O2. The first-order valence-electron chi connectivity index (χ1n) is 7.42. The standard InChI is InChI=1S/C15H16F2N4O2/c1-8-20-21-13(23-8)5-9-2-3-11(4-9)19-15(22)14-12(17)6-10(16)7-18-14/h6-7,9,11H,2-5H2,1H3,(H,19,22)/t9-,11+/m1/s1. The van der Waals surface area contributed by atoms with Gasteiger partial charge in [0, 0.05) is 25.5 Å². The van der Waals surface area contributed by atoms with Crippen molar-refractivity contribution >= 4 is 5.91 Å². The van der Waals surface area contributed by atoms with Crippen molar-refractivity contribution in [1.29, 1.82) is 0 Å². The Labute approximate surface area is 131 Å². The summed E-state index contributed by atoms with van der Waals surface area (Å²) in [4.78, 5) is 15.5. The molecule has 2 atom stereocenters. The molecule has 122 valence electrons. The summed E-state index contributed by atoms with van der Waals surface area (Å²) in [7, 11) is 0. The number of aryl methyl sites for hydroxylation is 1. The largest absolute Gasteiger partial charge is 0.426 e. The quantitative estimate of drug-likeness (QED) is 0.933. The van der Waals surface area contributed by atoms with E-state index in [2.05, 4.69) is 20.5 Å². The van der Waals surface area contributed by atoms with Crippen molar-refractivity contribution in [2.75, 3.05) is 0 Å². The van der Waals surface area contributed by atoms with Gasteiger partial charge in [-0.15, -0.1) is 10.2 Å². The molecule has 0 aliphatic heterocycles. The van der Waals surface area contributed by atoms with Gasteiger partial charge in [0.1, 0.15) is 5.82 Å². The van der Waals surface area contributed by atoms with E-state index in [4.69, 9.17) is 4.42 Å². The van der Waals surface area contributed by atoms with Gasteiger partial charge in [0.15, 0.2) is 11.5 Å². The van der Waals surface area contributed by atoms with Gasteiger partial charge >= 0.3 is 0 Å². The van der Waals surface area contributed by atoms with Gasteiger partial charge in [-0.1, -0.05) is 0 Å². The Hall–Kier alpha value is -2.38. The number of hydrogen-bond donors (Lipinski definition) is 1. The highest BCUT2D eigenvalue weighted by Gasteiger charge is 2.28. The highest BCUT2D eigenvalue weighted by atomic mass is 19.1. The Morgan fingerprint density at radius 1 is 1.39 bits per heavy atom. The van der Waals surface area contributed by atoms with Crippen molar-refractivity contribution in [3.63, 3.8) is 0 Å². The maximum Gasteiger partial charge on any atom is 0.273 e. The van der Waals surface area contributed by atoms with Gasteiger partial charge in [-0.25, -0.2) is 13.8 Å². The third-order valence-corrected chi connectivity index (χ3v) is 3.93. The van der Waals surface area contributed by atoms with Crippen LogP contribution >= 0.6 is 0 Å². The summed E-state index contributed by atoms with van der Waals surface area (Å²) in [5, 5.41) is 10.5. The lowest BCUT2D eigenvalue weighted by atomic mass is 10.0. The monoisotopic (exact) mass is 322 g/mol. The van der Waals surface area contributed by atoms with E-state index in [-0.39, 0.29) is 11.7 Å². The fraction of sp³-hybridized carbons (Fsp3) is 0.467. The molecule has 6 nitrogen and oxygen atoms in total. The summed E-state index contributed by atoms with van der Waals surface area (Å²) in [5.74, 6) is -0.951. The van der Waals surface area contributed by atoms with Crippen LogP contribution in [-0.2, 0) is 6.42 Å². The molecule has 8 heteroatoms. The minimum Gasteiger partial charge on any atom is -0.426 e. The Kier molecular flexibility index (Phi) is 4.31. The van der Waals surface area contributed by atoms with Crippen LogP contribution in [0, 0.1) is 24.5 Å². The molecule has 0 saturated heterocycles. The van der Waals surface area contributed by atoms with E-state index in [0.29, 0.717) is 30.2 Å². The summed E-state index contributed by atoms with van der Waals surface area (Å²) in [6.45, 7) is 1.73. The number of hydrogen-bond acceptors (Lipinski definition) is 5. The molecule has 3 rings (SSSR count). The van der Waals surface area contributed by atoms with E-state index >= 15 is 0 Å². The topological polar surface area (TPSA) is 80.9 Å². The van der Waals surface area contributed by atoms with E-state index < -0.39 is 17.5 Å². The first-order chi connectivity index (χ1) is 11.0. The van der Waals surface area contributed by atoms with Crippen molar-refractivity contribution in [2.45, 2.75) is 38.6 Å². The first-order valence-corrected chi connectivity index (χ1v) is 7.42. The molecule has 1 amide bonds. The third-order valence-electron chi connectivity index (χ3n) is 3.93. The average Bonchev–Trinajstić information content (AvgIpc) is 3.08. The molecule has 23 heavy (non-hydrogen) atoms. The van der Waals surface area contributed by atoms with Gasteiger partial charge in [-0.2, -0.15) is 0 Å². The summed E-state index contributed by atoms with van der Waals surface area (Å²) < 4.78 is 31.7. The Bertz CT molecular complexity index is 719. The van der Waals surface area contributed by atoms with E-state index in [1.165, 1.54) is 0 Å². The molecule has 0 spiro atoms. The van der Waals surface area contributed by atoms with Crippen LogP contribution in [0.3, 0.4) is 0 Å². The van der Waals surface area contributed by atoms with Crippen LogP contribution in [0.5, 0.6) is 0 Å². The zero-order valence-corrected chi connectivity index (χ0v) is 12.6. The van der Waals surface area contributed by atoms with Gasteiger partial charge in [0.25, 0.3) is 5.91 Å². The molecular weight excluding hydrogens is 306 g/mol. The van der Waals surface area contributed by atoms with Crippen LogP contribution in [0.4, 0.5) is 8.78 Å². The van der Waals surface area contributed by atoms with Gasteiger partial charge in [-0.3, -0.25) is 4.79 Å². The summed E-state index contributed by atoms with van der Waals surface area (Å²) in [6, 6.07) is 0.583. The highest BCUT2D eigenvalue weighted by molar-refractivity contribution is 5.92. The number of carbonyl (C=O) groups excluding carboxylic acids is 1. The first kappa shape index (κ1) is 15.5. The van der Waals surface area contributed by atoms with E-state index in [9.17, 15) is 13.6 Å². The third kappa shape index (κ3) is 3.69. The second-order valence-electron chi connectivity index (χ2n) is 5.75. The molecule has 2 aromatic rings. The van der Waals surface area contributed by atoms with Crippen LogP contribution in [0.25, 0.3) is 0 Å². The van der Waals surface area contributed by atoms with E-state index in [0.717, 1.165) is 25.5 Å². The average molecular weight is 322 g/mol. The number of amides is 1. The zero-order chi connectivity index (χ0) is 16.4. The van der Waals surface area contributed by atoms with Gasteiger partial charge in [0.05, 0.1) is 6.20 Å². The summed E-state index contributed by atoms with van der Waals surface area (Å²) in [6.07, 6.45) is 3.93. The molecule has 0 aromatic carbocycles. The fourth-order valence-corrected chi connectivity index (χ4v) is 2.89. The van der Waals surface area contributed by atoms with Crippen LogP contribution in [0.1, 0.15) is 41.5 Å². The molecule has 1 saturated carbocycles. The molecule has 0 radical (unpaired) electrons. The minimum absolute atomic E-state index is 0.0669. The smallest absolute Gasteiger partial charge is 0.273 e. The van der Waals surface area contributed by atoms with Crippen LogP contribution in [0.2, 0.25) is 0 Å². The maximum absolute atomic E-state index is 13.6. The van der Waals surface area contributed by atoms with Crippen molar-refractivity contribution in [3.05, 3.63) is 41.4 Å². The molecule has 1 aliphatic carbocycles. The lowest BCUT2D eigenvalue weighted by Crippen LogP contribution is -2.34. The van der Waals surface area contributed by atoms with Crippen molar-refractivity contribution < 1.29 is 18.0 Å². The Morgan fingerprint density at radius 2 is 2.22 bits per heavy atom. The number of halogens is 2. The number of nitrogens with zero attached hydrogens (tertiary/aromatic N) is 3. The molecule has 2 aromatic heterocycles. The number of aromatic nitrogens is 3. The van der Waals surface area contributed by atoms with Crippen molar-refractivity contribution in [1.82, 2.24) is 20.5 Å². The predicted octanol–water partition coefficient (Wildman–Crippen LogP) is 2.19. The van der Waals surface area contributed by atoms with Crippen LogP contribution in [-0.4, -0.2) is 27.1 Å². The van der Waals surface area contributed by atoms with Gasteiger partial charge in [-0.05, 0) is 25.2 Å². The van der Waals surface area contributed by atoms with E-state index in [1.807, 2.05) is 0 Å². The molecule has 1 aliphatic rings. The second kappa shape index (κ2) is 6.39. The normalized spacial score (nSPS) is 20.7. The Morgan fingerprint density at radius 3 is 2.91 bits per heavy atom. The van der Waals surface area contributed by atoms with Crippen LogP contribution < -0.4 is 5.32 Å². The molecule has 0 bridgehead atoms. The Balaban J connectivity index is 1.56. The molecule has 0 unspecified atom stereocenters. The van der Waals surface area contributed by atoms with Gasteiger partial charge in [0.2, 0.25) is 11.8 Å². The maximum atomic E-state index is 13.6. The molecule has 2 heterocycles. The SMILES string of the molecule is Cc1nnc(C[C@@H]2CC[C@H](NC(=O)c3ncc(F)cc3F)C2)o1.